The molecule has 0 bridgehead atoms. The van der Waals surface area contributed by atoms with Crippen molar-refractivity contribution in [1.29, 1.82) is 0 Å². The minimum absolute atomic E-state index is 0.220. The van der Waals surface area contributed by atoms with Crippen molar-refractivity contribution in [2.24, 2.45) is 5.92 Å². The highest BCUT2D eigenvalue weighted by Gasteiger charge is 2.24. The topological polar surface area (TPSA) is 77.7 Å². The second-order valence-corrected chi connectivity index (χ2v) is 7.78. The number of carbonyl (C=O) groups is 1. The van der Waals surface area contributed by atoms with Gasteiger partial charge in [0.05, 0.1) is 12.7 Å². The zero-order valence-corrected chi connectivity index (χ0v) is 16.5. The quantitative estimate of drug-likeness (QED) is 0.656. The molecule has 3 rings (SSSR count). The number of aromatic nitrogens is 2. The van der Waals surface area contributed by atoms with Gasteiger partial charge in [-0.05, 0) is 25.2 Å². The Balaban J connectivity index is 1.28. The van der Waals surface area contributed by atoms with Crippen LogP contribution in [0.2, 0.25) is 0 Å². The first-order chi connectivity index (χ1) is 13.2. The number of methoxy groups -OCH3 is 1. The summed E-state index contributed by atoms with van der Waals surface area (Å²) in [6.45, 7) is 2.54. The lowest BCUT2D eigenvalue weighted by Gasteiger charge is -2.32. The molecule has 1 aliphatic carbocycles. The van der Waals surface area contributed by atoms with Gasteiger partial charge in [0, 0.05) is 33.0 Å². The van der Waals surface area contributed by atoms with Gasteiger partial charge in [-0.3, -0.25) is 4.79 Å². The van der Waals surface area contributed by atoms with Crippen LogP contribution in [0.5, 0.6) is 0 Å². The third-order valence-corrected chi connectivity index (χ3v) is 5.74. The van der Waals surface area contributed by atoms with Crippen LogP contribution in [-0.2, 0) is 27.3 Å². The second-order valence-electron chi connectivity index (χ2n) is 7.78. The number of piperidine rings is 1. The molecule has 0 unspecified atom stereocenters. The van der Waals surface area contributed by atoms with E-state index >= 15 is 0 Å². The highest BCUT2D eigenvalue weighted by Crippen LogP contribution is 2.27. The molecule has 152 valence electrons. The van der Waals surface area contributed by atoms with Crippen LogP contribution >= 0.6 is 0 Å². The number of amides is 1. The maximum atomic E-state index is 12.4. The molecular weight excluding hydrogens is 346 g/mol. The Hall–Kier alpha value is -1.47. The van der Waals surface area contributed by atoms with Crippen LogP contribution in [0.25, 0.3) is 0 Å². The normalized spacial score (nSPS) is 19.5. The number of carbonyl (C=O) groups excluding carboxylic acids is 1. The zero-order chi connectivity index (χ0) is 18.9. The molecule has 0 atom stereocenters. The Labute approximate surface area is 161 Å². The summed E-state index contributed by atoms with van der Waals surface area (Å²) in [6, 6.07) is 0. The Morgan fingerprint density at radius 1 is 1.19 bits per heavy atom. The average molecular weight is 380 g/mol. The summed E-state index contributed by atoms with van der Waals surface area (Å²) >= 11 is 0. The van der Waals surface area contributed by atoms with E-state index in [9.17, 15) is 4.79 Å². The van der Waals surface area contributed by atoms with Crippen molar-refractivity contribution >= 4 is 5.91 Å². The van der Waals surface area contributed by atoms with Crippen LogP contribution in [0.4, 0.5) is 0 Å². The second kappa shape index (κ2) is 10.8. The molecule has 0 N–H and O–H groups in total. The predicted molar refractivity (Wildman–Crippen MR) is 100 cm³/mol. The van der Waals surface area contributed by atoms with Crippen LogP contribution in [0.1, 0.15) is 69.5 Å². The molecule has 7 heteroatoms. The van der Waals surface area contributed by atoms with Gasteiger partial charge in [0.15, 0.2) is 5.82 Å². The van der Waals surface area contributed by atoms with Gasteiger partial charge in [0.2, 0.25) is 5.91 Å². The Bertz CT molecular complexity index is 563. The van der Waals surface area contributed by atoms with Crippen molar-refractivity contribution in [3.8, 4) is 0 Å². The maximum Gasteiger partial charge on any atom is 0.252 e. The highest BCUT2D eigenvalue weighted by molar-refractivity contribution is 5.76. The zero-order valence-electron chi connectivity index (χ0n) is 16.5. The number of hydrogen-bond donors (Lipinski definition) is 0. The fourth-order valence-electron chi connectivity index (χ4n) is 4.12. The molecule has 0 radical (unpaired) electrons. The summed E-state index contributed by atoms with van der Waals surface area (Å²) in [5, 5.41) is 3.91. The van der Waals surface area contributed by atoms with Crippen molar-refractivity contribution < 1.29 is 18.8 Å². The maximum absolute atomic E-state index is 12.4. The standard InChI is InChI=1S/C20H33N3O4/c1-25-15-19-21-18(22-27-19)11-14-26-17-9-12-23(13-10-17)20(24)8-7-16-5-3-2-4-6-16/h16-17H,2-15H2,1H3. The van der Waals surface area contributed by atoms with Crippen molar-refractivity contribution in [3.63, 3.8) is 0 Å². The average Bonchev–Trinajstić information content (AvgIpc) is 3.15. The minimum Gasteiger partial charge on any atom is -0.378 e. The SMILES string of the molecule is COCc1nc(CCOC2CCN(C(=O)CCC3CCCCC3)CC2)no1. The predicted octanol–water partition coefficient (Wildman–Crippen LogP) is 3.13. The lowest BCUT2D eigenvalue weighted by atomic mass is 9.86. The highest BCUT2D eigenvalue weighted by atomic mass is 16.5. The molecule has 1 saturated carbocycles. The van der Waals surface area contributed by atoms with Crippen LogP contribution in [0, 0.1) is 5.92 Å². The van der Waals surface area contributed by atoms with E-state index in [0.717, 1.165) is 44.7 Å². The molecular formula is C20H33N3O4. The van der Waals surface area contributed by atoms with E-state index in [4.69, 9.17) is 14.0 Å². The van der Waals surface area contributed by atoms with Crippen molar-refractivity contribution in [3.05, 3.63) is 11.7 Å². The van der Waals surface area contributed by atoms with Gasteiger partial charge < -0.3 is 18.9 Å². The molecule has 0 spiro atoms. The Morgan fingerprint density at radius 3 is 2.70 bits per heavy atom. The number of likely N-dealkylation sites (tertiary alicyclic amines) is 1. The molecule has 1 amide bonds. The van der Waals surface area contributed by atoms with E-state index in [2.05, 4.69) is 10.1 Å². The molecule has 7 nitrogen and oxygen atoms in total. The first-order valence-corrected chi connectivity index (χ1v) is 10.4. The molecule has 1 aliphatic heterocycles. The molecule has 0 aromatic carbocycles. The van der Waals surface area contributed by atoms with Gasteiger partial charge >= 0.3 is 0 Å². The van der Waals surface area contributed by atoms with Crippen LogP contribution in [0.15, 0.2) is 4.52 Å². The summed E-state index contributed by atoms with van der Waals surface area (Å²) in [5.41, 5.74) is 0. The van der Waals surface area contributed by atoms with Crippen LogP contribution < -0.4 is 0 Å². The third-order valence-electron chi connectivity index (χ3n) is 5.74. The number of ether oxygens (including phenoxy) is 2. The molecule has 1 saturated heterocycles. The molecule has 2 heterocycles. The third kappa shape index (κ3) is 6.57. The van der Waals surface area contributed by atoms with E-state index in [0.29, 0.717) is 37.3 Å². The number of rotatable bonds is 9. The lowest BCUT2D eigenvalue weighted by Crippen LogP contribution is -2.41. The number of hydrogen-bond acceptors (Lipinski definition) is 6. The minimum atomic E-state index is 0.220. The molecule has 2 aliphatic rings. The largest absolute Gasteiger partial charge is 0.378 e. The fraction of sp³-hybridized carbons (Fsp3) is 0.850. The van der Waals surface area contributed by atoms with E-state index in [1.54, 1.807) is 7.11 Å². The molecule has 2 fully saturated rings. The van der Waals surface area contributed by atoms with Crippen LogP contribution in [-0.4, -0.2) is 53.9 Å². The van der Waals surface area contributed by atoms with Crippen LogP contribution in [0.3, 0.4) is 0 Å². The summed E-state index contributed by atoms with van der Waals surface area (Å²) in [6.07, 6.45) is 11.2. The van der Waals surface area contributed by atoms with Crippen molar-refractivity contribution in [2.75, 3.05) is 26.8 Å². The smallest absolute Gasteiger partial charge is 0.252 e. The Morgan fingerprint density at radius 2 is 1.96 bits per heavy atom. The van der Waals surface area contributed by atoms with E-state index in [-0.39, 0.29) is 6.10 Å². The summed E-state index contributed by atoms with van der Waals surface area (Å²) in [4.78, 5) is 18.7. The first-order valence-electron chi connectivity index (χ1n) is 10.4. The summed E-state index contributed by atoms with van der Waals surface area (Å²) in [7, 11) is 1.60. The summed E-state index contributed by atoms with van der Waals surface area (Å²) in [5.74, 6) is 2.25. The van der Waals surface area contributed by atoms with E-state index < -0.39 is 0 Å². The van der Waals surface area contributed by atoms with E-state index in [1.807, 2.05) is 4.90 Å². The first kappa shape index (κ1) is 20.3. The van der Waals surface area contributed by atoms with Gasteiger partial charge in [-0.25, -0.2) is 0 Å². The Kier molecular flexibility index (Phi) is 8.08. The van der Waals surface area contributed by atoms with Crippen molar-refractivity contribution in [1.82, 2.24) is 15.0 Å². The molecule has 1 aromatic rings. The fourth-order valence-corrected chi connectivity index (χ4v) is 4.12. The molecule has 27 heavy (non-hydrogen) atoms. The van der Waals surface area contributed by atoms with Gasteiger partial charge in [0.1, 0.15) is 6.61 Å². The van der Waals surface area contributed by atoms with E-state index in [1.165, 1.54) is 32.1 Å². The van der Waals surface area contributed by atoms with Crippen molar-refractivity contribution in [2.45, 2.75) is 76.9 Å². The van der Waals surface area contributed by atoms with Gasteiger partial charge in [0.25, 0.3) is 5.89 Å². The lowest BCUT2D eigenvalue weighted by molar-refractivity contribution is -0.134. The number of nitrogens with zero attached hydrogens (tertiary/aromatic N) is 3. The monoisotopic (exact) mass is 379 g/mol. The van der Waals surface area contributed by atoms with Gasteiger partial charge in [-0.2, -0.15) is 4.98 Å². The summed E-state index contributed by atoms with van der Waals surface area (Å²) < 4.78 is 16.0. The van der Waals surface area contributed by atoms with Gasteiger partial charge in [-0.1, -0.05) is 37.3 Å². The molecule has 1 aromatic heterocycles. The van der Waals surface area contributed by atoms with Gasteiger partial charge in [-0.15, -0.1) is 0 Å².